The van der Waals surface area contributed by atoms with Crippen molar-refractivity contribution in [1.29, 1.82) is 0 Å². The second-order valence-corrected chi connectivity index (χ2v) is 9.13. The topological polar surface area (TPSA) is 63.2 Å². The van der Waals surface area contributed by atoms with Crippen molar-refractivity contribution in [3.05, 3.63) is 64.9 Å². The summed E-state index contributed by atoms with van der Waals surface area (Å²) in [6, 6.07) is 11.9. The summed E-state index contributed by atoms with van der Waals surface area (Å²) in [5.41, 5.74) is 0.317. The Morgan fingerprint density at radius 3 is 2.31 bits per heavy atom. The molecule has 0 bridgehead atoms. The Labute approximate surface area is 157 Å². The first-order chi connectivity index (χ1) is 12.4. The van der Waals surface area contributed by atoms with Gasteiger partial charge in [-0.15, -0.1) is 0 Å². The van der Waals surface area contributed by atoms with Gasteiger partial charge in [0.1, 0.15) is 5.82 Å². The maximum Gasteiger partial charge on any atom is 0.242 e. The number of amides is 1. The minimum Gasteiger partial charge on any atom is -0.351 e. The van der Waals surface area contributed by atoms with E-state index in [1.807, 2.05) is 0 Å². The van der Waals surface area contributed by atoms with Crippen LogP contribution in [0.1, 0.15) is 31.2 Å². The lowest BCUT2D eigenvalue weighted by atomic mass is 10.1. The molecule has 2 aromatic carbocycles. The molecule has 138 valence electrons. The number of rotatable bonds is 5. The number of benzene rings is 2. The second kappa shape index (κ2) is 7.37. The van der Waals surface area contributed by atoms with Crippen LogP contribution in [-0.4, -0.2) is 19.1 Å². The van der Waals surface area contributed by atoms with Gasteiger partial charge < -0.3 is 5.32 Å². The number of hydrogen-bond donors (Lipinski definition) is 1. The molecule has 4 nitrogen and oxygen atoms in total. The van der Waals surface area contributed by atoms with E-state index in [1.165, 1.54) is 30.3 Å². The van der Waals surface area contributed by atoms with Crippen LogP contribution >= 0.6 is 11.6 Å². The molecule has 0 unspecified atom stereocenters. The van der Waals surface area contributed by atoms with E-state index >= 15 is 0 Å². The van der Waals surface area contributed by atoms with Crippen molar-refractivity contribution < 1.29 is 17.6 Å². The molecular formula is C19H19ClFNO3S. The summed E-state index contributed by atoms with van der Waals surface area (Å²) in [6.07, 6.45) is 1.81. The molecule has 1 fully saturated rings. The zero-order chi connectivity index (χ0) is 18.8. The minimum absolute atomic E-state index is 0.0522. The van der Waals surface area contributed by atoms with E-state index in [4.69, 9.17) is 11.6 Å². The standard InChI is InChI=1S/C19H19ClFNO3S/c20-15-7-9-16(10-8-15)26(24,25)19(11-3-4-12-19)18(23)22-13-14-5-1-2-6-17(14)21/h1-2,5-10H,3-4,11-13H2,(H,22,23). The molecule has 0 aromatic heterocycles. The van der Waals surface area contributed by atoms with Crippen LogP contribution in [0.15, 0.2) is 53.4 Å². The van der Waals surface area contributed by atoms with Gasteiger partial charge in [-0.2, -0.15) is 0 Å². The number of carbonyl (C=O) groups is 1. The molecule has 0 aliphatic heterocycles. The quantitative estimate of drug-likeness (QED) is 0.835. The Morgan fingerprint density at radius 2 is 1.69 bits per heavy atom. The first-order valence-corrected chi connectivity index (χ1v) is 10.2. The molecule has 1 N–H and O–H groups in total. The summed E-state index contributed by atoms with van der Waals surface area (Å²) in [5, 5.41) is 3.05. The van der Waals surface area contributed by atoms with E-state index in [2.05, 4.69) is 5.32 Å². The van der Waals surface area contributed by atoms with Crippen molar-refractivity contribution in [3.63, 3.8) is 0 Å². The van der Waals surface area contributed by atoms with Gasteiger partial charge in [-0.3, -0.25) is 4.79 Å². The number of halogens is 2. The van der Waals surface area contributed by atoms with Crippen LogP contribution in [0.5, 0.6) is 0 Å². The predicted molar refractivity (Wildman–Crippen MR) is 98.1 cm³/mol. The van der Waals surface area contributed by atoms with E-state index in [0.29, 0.717) is 23.4 Å². The predicted octanol–water partition coefficient (Wildman–Crippen LogP) is 3.88. The second-order valence-electron chi connectivity index (χ2n) is 6.43. The normalized spacial score (nSPS) is 16.4. The van der Waals surface area contributed by atoms with Crippen LogP contribution in [0.4, 0.5) is 4.39 Å². The van der Waals surface area contributed by atoms with E-state index in [0.717, 1.165) is 0 Å². The zero-order valence-electron chi connectivity index (χ0n) is 14.0. The van der Waals surface area contributed by atoms with Crippen molar-refractivity contribution in [3.8, 4) is 0 Å². The monoisotopic (exact) mass is 395 g/mol. The van der Waals surface area contributed by atoms with Gasteiger partial charge in [-0.25, -0.2) is 12.8 Å². The van der Waals surface area contributed by atoms with Crippen LogP contribution in [0, 0.1) is 5.82 Å². The van der Waals surface area contributed by atoms with Crippen LogP contribution in [0.3, 0.4) is 0 Å². The van der Waals surface area contributed by atoms with E-state index in [1.54, 1.807) is 18.2 Å². The van der Waals surface area contributed by atoms with E-state index in [9.17, 15) is 17.6 Å². The van der Waals surface area contributed by atoms with Crippen LogP contribution < -0.4 is 5.32 Å². The van der Waals surface area contributed by atoms with Gasteiger partial charge in [0.05, 0.1) is 4.90 Å². The summed E-state index contributed by atoms with van der Waals surface area (Å²) in [5.74, 6) is -1.01. The number of nitrogens with one attached hydrogen (secondary N) is 1. The molecule has 7 heteroatoms. The van der Waals surface area contributed by atoms with Crippen molar-refractivity contribution >= 4 is 27.3 Å². The molecule has 0 atom stereocenters. The third-order valence-electron chi connectivity index (χ3n) is 4.86. The maximum absolute atomic E-state index is 13.8. The highest BCUT2D eigenvalue weighted by Crippen LogP contribution is 2.41. The highest BCUT2D eigenvalue weighted by Gasteiger charge is 2.52. The van der Waals surface area contributed by atoms with E-state index in [-0.39, 0.29) is 24.3 Å². The Bertz CT molecular complexity index is 907. The lowest BCUT2D eigenvalue weighted by Crippen LogP contribution is -2.50. The van der Waals surface area contributed by atoms with Crippen molar-refractivity contribution in [1.82, 2.24) is 5.32 Å². The van der Waals surface area contributed by atoms with Gasteiger partial charge in [0, 0.05) is 17.1 Å². The van der Waals surface area contributed by atoms with Crippen LogP contribution in [-0.2, 0) is 21.2 Å². The molecule has 1 saturated carbocycles. The molecule has 1 aliphatic rings. The fourth-order valence-corrected chi connectivity index (χ4v) is 5.60. The molecule has 26 heavy (non-hydrogen) atoms. The van der Waals surface area contributed by atoms with Gasteiger partial charge in [0.25, 0.3) is 0 Å². The Balaban J connectivity index is 1.88. The van der Waals surface area contributed by atoms with Gasteiger partial charge in [0.2, 0.25) is 5.91 Å². The van der Waals surface area contributed by atoms with E-state index < -0.39 is 26.3 Å². The van der Waals surface area contributed by atoms with Gasteiger partial charge in [-0.1, -0.05) is 42.6 Å². The molecule has 0 spiro atoms. The maximum atomic E-state index is 13.8. The lowest BCUT2D eigenvalue weighted by Gasteiger charge is -2.27. The molecule has 1 aliphatic carbocycles. The smallest absolute Gasteiger partial charge is 0.242 e. The highest BCUT2D eigenvalue weighted by atomic mass is 35.5. The summed E-state index contributed by atoms with van der Waals surface area (Å²) in [4.78, 5) is 13.0. The lowest BCUT2D eigenvalue weighted by molar-refractivity contribution is -0.123. The summed E-state index contributed by atoms with van der Waals surface area (Å²) in [7, 11) is -3.90. The summed E-state index contributed by atoms with van der Waals surface area (Å²) in [6.45, 7) is -0.0522. The number of hydrogen-bond acceptors (Lipinski definition) is 3. The number of sulfone groups is 1. The van der Waals surface area contributed by atoms with Crippen LogP contribution in [0.2, 0.25) is 5.02 Å². The third kappa shape index (κ3) is 3.35. The zero-order valence-corrected chi connectivity index (χ0v) is 15.6. The van der Waals surface area contributed by atoms with Gasteiger partial charge >= 0.3 is 0 Å². The largest absolute Gasteiger partial charge is 0.351 e. The fourth-order valence-electron chi connectivity index (χ4n) is 3.38. The average Bonchev–Trinajstić information content (AvgIpc) is 3.13. The first-order valence-electron chi connectivity index (χ1n) is 8.39. The Morgan fingerprint density at radius 1 is 1.08 bits per heavy atom. The molecule has 0 saturated heterocycles. The highest BCUT2D eigenvalue weighted by molar-refractivity contribution is 7.93. The SMILES string of the molecule is O=C(NCc1ccccc1F)C1(S(=O)(=O)c2ccc(Cl)cc2)CCCC1. The van der Waals surface area contributed by atoms with Crippen molar-refractivity contribution in [2.45, 2.75) is 41.9 Å². The summed E-state index contributed by atoms with van der Waals surface area (Å²) < 4.78 is 38.7. The Hall–Kier alpha value is -1.92. The fraction of sp³-hybridized carbons (Fsp3) is 0.316. The molecule has 1 amide bonds. The number of carbonyl (C=O) groups excluding carboxylic acids is 1. The van der Waals surface area contributed by atoms with Gasteiger partial charge in [0.15, 0.2) is 14.6 Å². The minimum atomic E-state index is -3.90. The third-order valence-corrected chi connectivity index (χ3v) is 7.63. The first kappa shape index (κ1) is 18.9. The summed E-state index contributed by atoms with van der Waals surface area (Å²) >= 11 is 5.84. The average molecular weight is 396 g/mol. The van der Waals surface area contributed by atoms with Crippen molar-refractivity contribution in [2.75, 3.05) is 0 Å². The molecule has 2 aromatic rings. The molecule has 3 rings (SSSR count). The molecule has 0 radical (unpaired) electrons. The Kier molecular flexibility index (Phi) is 5.34. The van der Waals surface area contributed by atoms with Crippen molar-refractivity contribution in [2.24, 2.45) is 0 Å². The molecular weight excluding hydrogens is 377 g/mol. The van der Waals surface area contributed by atoms with Gasteiger partial charge in [-0.05, 0) is 43.2 Å². The van der Waals surface area contributed by atoms with Crippen LogP contribution in [0.25, 0.3) is 0 Å². The molecule has 0 heterocycles.